The molecule has 5 heteroatoms. The minimum Gasteiger partial charge on any atom is -0.369 e. The van der Waals surface area contributed by atoms with Gasteiger partial charge in [-0.1, -0.05) is 11.6 Å². The van der Waals surface area contributed by atoms with Crippen LogP contribution in [0.25, 0.3) is 11.3 Å². The van der Waals surface area contributed by atoms with Crippen molar-refractivity contribution in [1.29, 1.82) is 0 Å². The molecule has 3 nitrogen and oxygen atoms in total. The Kier molecular flexibility index (Phi) is 3.54. The van der Waals surface area contributed by atoms with E-state index in [0.717, 1.165) is 6.54 Å². The number of benzene rings is 1. The van der Waals surface area contributed by atoms with Crippen LogP contribution in [-0.2, 0) is 0 Å². The van der Waals surface area contributed by atoms with Crippen LogP contribution in [0.5, 0.6) is 0 Å². The highest BCUT2D eigenvalue weighted by molar-refractivity contribution is 6.30. The van der Waals surface area contributed by atoms with Gasteiger partial charge in [0.2, 0.25) is 0 Å². The summed E-state index contributed by atoms with van der Waals surface area (Å²) in [5, 5.41) is 11.3. The zero-order valence-corrected chi connectivity index (χ0v) is 10.0. The number of hydrogen-bond acceptors (Lipinski definition) is 3. The van der Waals surface area contributed by atoms with E-state index in [4.69, 9.17) is 11.6 Å². The highest BCUT2D eigenvalue weighted by Gasteiger charge is 2.07. The van der Waals surface area contributed by atoms with Crippen LogP contribution in [0.4, 0.5) is 10.2 Å². The van der Waals surface area contributed by atoms with E-state index < -0.39 is 5.82 Å². The molecule has 2 rings (SSSR count). The normalized spacial score (nSPS) is 10.3. The maximum absolute atomic E-state index is 13.6. The van der Waals surface area contributed by atoms with E-state index >= 15 is 0 Å². The number of aromatic nitrogens is 2. The first kappa shape index (κ1) is 11.8. The Morgan fingerprint density at radius 2 is 2.06 bits per heavy atom. The Labute approximate surface area is 104 Å². The van der Waals surface area contributed by atoms with Gasteiger partial charge in [0.1, 0.15) is 11.6 Å². The van der Waals surface area contributed by atoms with Gasteiger partial charge in [-0.3, -0.25) is 0 Å². The lowest BCUT2D eigenvalue weighted by atomic mass is 10.1. The monoisotopic (exact) mass is 251 g/mol. The first-order chi connectivity index (χ1) is 8.20. The van der Waals surface area contributed by atoms with Crippen molar-refractivity contribution in [3.8, 4) is 11.3 Å². The molecule has 0 unspecified atom stereocenters. The van der Waals surface area contributed by atoms with E-state index in [-0.39, 0.29) is 0 Å². The topological polar surface area (TPSA) is 37.8 Å². The van der Waals surface area contributed by atoms with Gasteiger partial charge in [-0.2, -0.15) is 0 Å². The van der Waals surface area contributed by atoms with Crippen molar-refractivity contribution < 1.29 is 4.39 Å². The van der Waals surface area contributed by atoms with Crippen LogP contribution in [0.2, 0.25) is 5.02 Å². The third-order valence-corrected chi connectivity index (χ3v) is 2.46. The number of nitrogens with zero attached hydrogens (tertiary/aromatic N) is 2. The summed E-state index contributed by atoms with van der Waals surface area (Å²) in [6.07, 6.45) is 0. The van der Waals surface area contributed by atoms with Crippen LogP contribution in [0.3, 0.4) is 0 Å². The highest BCUT2D eigenvalue weighted by Crippen LogP contribution is 2.23. The molecule has 1 heterocycles. The molecular formula is C12H11ClFN3. The van der Waals surface area contributed by atoms with Crippen LogP contribution >= 0.6 is 11.6 Å². The van der Waals surface area contributed by atoms with Crippen LogP contribution in [0, 0.1) is 5.82 Å². The van der Waals surface area contributed by atoms with E-state index in [2.05, 4.69) is 15.5 Å². The summed E-state index contributed by atoms with van der Waals surface area (Å²) in [6.45, 7) is 2.73. The first-order valence-electron chi connectivity index (χ1n) is 5.23. The second-order valence-electron chi connectivity index (χ2n) is 3.46. The van der Waals surface area contributed by atoms with Gasteiger partial charge in [-0.05, 0) is 37.3 Å². The summed E-state index contributed by atoms with van der Waals surface area (Å²) in [7, 11) is 0. The largest absolute Gasteiger partial charge is 0.369 e. The fraction of sp³-hybridized carbons (Fsp3) is 0.167. The summed E-state index contributed by atoms with van der Waals surface area (Å²) < 4.78 is 13.6. The molecule has 0 amide bonds. The molecule has 0 aliphatic carbocycles. The Bertz CT molecular complexity index is 514. The van der Waals surface area contributed by atoms with E-state index in [9.17, 15) is 4.39 Å². The van der Waals surface area contributed by atoms with Gasteiger partial charge in [0.15, 0.2) is 0 Å². The summed E-state index contributed by atoms with van der Waals surface area (Å²) >= 11 is 5.68. The third-order valence-electron chi connectivity index (χ3n) is 2.23. The standard InChI is InChI=1S/C12H11ClFN3/c1-2-15-12-6-5-11(16-17-12)9-4-3-8(13)7-10(9)14/h3-7H,2H2,1H3,(H,15,17). The van der Waals surface area contributed by atoms with E-state index in [1.54, 1.807) is 24.3 Å². The molecule has 1 aromatic heterocycles. The second kappa shape index (κ2) is 5.10. The first-order valence-corrected chi connectivity index (χ1v) is 5.61. The number of anilines is 1. The van der Waals surface area contributed by atoms with Gasteiger partial charge in [-0.25, -0.2) is 4.39 Å². The summed E-state index contributed by atoms with van der Waals surface area (Å²) in [4.78, 5) is 0. The SMILES string of the molecule is CCNc1ccc(-c2ccc(Cl)cc2F)nn1. The molecule has 0 atom stereocenters. The fourth-order valence-corrected chi connectivity index (χ4v) is 1.61. The zero-order valence-electron chi connectivity index (χ0n) is 9.24. The van der Waals surface area contributed by atoms with Gasteiger partial charge in [0, 0.05) is 17.1 Å². The van der Waals surface area contributed by atoms with Crippen molar-refractivity contribution in [3.63, 3.8) is 0 Å². The van der Waals surface area contributed by atoms with Crippen molar-refractivity contribution in [2.45, 2.75) is 6.92 Å². The van der Waals surface area contributed by atoms with Crippen LogP contribution in [0.1, 0.15) is 6.92 Å². The van der Waals surface area contributed by atoms with Gasteiger partial charge in [0.25, 0.3) is 0 Å². The summed E-state index contributed by atoms with van der Waals surface area (Å²) in [5.74, 6) is 0.272. The Hall–Kier alpha value is -1.68. The molecule has 0 aliphatic rings. The van der Waals surface area contributed by atoms with Gasteiger partial charge >= 0.3 is 0 Å². The average Bonchev–Trinajstić information content (AvgIpc) is 2.31. The molecule has 1 N–H and O–H groups in total. The third kappa shape index (κ3) is 2.71. The maximum atomic E-state index is 13.6. The van der Waals surface area contributed by atoms with Gasteiger partial charge in [-0.15, -0.1) is 10.2 Å². The van der Waals surface area contributed by atoms with Gasteiger partial charge in [0.05, 0.1) is 5.69 Å². The molecule has 0 radical (unpaired) electrons. The number of halogens is 2. The quantitative estimate of drug-likeness (QED) is 0.909. The number of hydrogen-bond donors (Lipinski definition) is 1. The highest BCUT2D eigenvalue weighted by atomic mass is 35.5. The molecule has 1 aromatic carbocycles. The maximum Gasteiger partial charge on any atom is 0.148 e. The van der Waals surface area contributed by atoms with Crippen molar-refractivity contribution >= 4 is 17.4 Å². The number of rotatable bonds is 3. The van der Waals surface area contributed by atoms with Gasteiger partial charge < -0.3 is 5.32 Å². The van der Waals surface area contributed by atoms with Crippen molar-refractivity contribution in [2.75, 3.05) is 11.9 Å². The molecule has 0 saturated carbocycles. The minimum atomic E-state index is -0.400. The van der Waals surface area contributed by atoms with Crippen LogP contribution in [0.15, 0.2) is 30.3 Å². The molecule has 2 aromatic rings. The van der Waals surface area contributed by atoms with Crippen molar-refractivity contribution in [3.05, 3.63) is 41.2 Å². The lowest BCUT2D eigenvalue weighted by Gasteiger charge is -2.04. The molecule has 0 aliphatic heterocycles. The minimum absolute atomic E-state index is 0.364. The molecule has 0 spiro atoms. The lowest BCUT2D eigenvalue weighted by Crippen LogP contribution is -2.00. The van der Waals surface area contributed by atoms with E-state index in [1.165, 1.54) is 6.07 Å². The summed E-state index contributed by atoms with van der Waals surface area (Å²) in [5.41, 5.74) is 0.880. The molecule has 88 valence electrons. The lowest BCUT2D eigenvalue weighted by molar-refractivity contribution is 0.630. The van der Waals surface area contributed by atoms with Crippen molar-refractivity contribution in [2.24, 2.45) is 0 Å². The van der Waals surface area contributed by atoms with Crippen LogP contribution < -0.4 is 5.32 Å². The molecule has 0 saturated heterocycles. The summed E-state index contributed by atoms with van der Waals surface area (Å²) in [6, 6.07) is 7.96. The predicted molar refractivity (Wildman–Crippen MR) is 66.6 cm³/mol. The van der Waals surface area contributed by atoms with Crippen LogP contribution in [-0.4, -0.2) is 16.7 Å². The molecular weight excluding hydrogens is 241 g/mol. The Morgan fingerprint density at radius 3 is 2.65 bits per heavy atom. The number of nitrogens with one attached hydrogen (secondary N) is 1. The van der Waals surface area contributed by atoms with E-state index in [0.29, 0.717) is 22.1 Å². The second-order valence-corrected chi connectivity index (χ2v) is 3.89. The molecule has 17 heavy (non-hydrogen) atoms. The smallest absolute Gasteiger partial charge is 0.148 e. The molecule has 0 fully saturated rings. The Morgan fingerprint density at radius 1 is 1.24 bits per heavy atom. The zero-order chi connectivity index (χ0) is 12.3. The molecule has 0 bridgehead atoms. The van der Waals surface area contributed by atoms with Crippen molar-refractivity contribution in [1.82, 2.24) is 10.2 Å². The average molecular weight is 252 g/mol. The Balaban J connectivity index is 2.33. The predicted octanol–water partition coefficient (Wildman–Crippen LogP) is 3.37. The fourth-order valence-electron chi connectivity index (χ4n) is 1.45. The van der Waals surface area contributed by atoms with E-state index in [1.807, 2.05) is 6.92 Å².